The fourth-order valence-electron chi connectivity index (χ4n) is 1.59. The Labute approximate surface area is 80.6 Å². The SMILES string of the molecule is C#C[C@@H]1OC(C)(C)O[C@H]1CCCC. The Morgan fingerprint density at radius 1 is 1.38 bits per heavy atom. The number of hydrogen-bond donors (Lipinski definition) is 0. The highest BCUT2D eigenvalue weighted by molar-refractivity contribution is 5.02. The van der Waals surface area contributed by atoms with E-state index in [-0.39, 0.29) is 12.2 Å². The molecule has 2 atom stereocenters. The van der Waals surface area contributed by atoms with Crippen LogP contribution in [0.4, 0.5) is 0 Å². The minimum absolute atomic E-state index is 0.0833. The van der Waals surface area contributed by atoms with Gasteiger partial charge in [0.05, 0.1) is 6.10 Å². The van der Waals surface area contributed by atoms with Crippen LogP contribution in [0.25, 0.3) is 0 Å². The van der Waals surface area contributed by atoms with Gasteiger partial charge in [0.15, 0.2) is 5.79 Å². The average molecular weight is 182 g/mol. The molecule has 2 nitrogen and oxygen atoms in total. The van der Waals surface area contributed by atoms with Crippen LogP contribution in [0.15, 0.2) is 0 Å². The second-order valence-electron chi connectivity index (χ2n) is 3.90. The van der Waals surface area contributed by atoms with Crippen LogP contribution in [0, 0.1) is 12.3 Å². The van der Waals surface area contributed by atoms with E-state index in [1.807, 2.05) is 13.8 Å². The molecule has 1 rings (SSSR count). The van der Waals surface area contributed by atoms with Gasteiger partial charge in [-0.1, -0.05) is 25.7 Å². The summed E-state index contributed by atoms with van der Waals surface area (Å²) >= 11 is 0. The number of rotatable bonds is 3. The summed E-state index contributed by atoms with van der Waals surface area (Å²) in [6.45, 7) is 5.97. The molecular formula is C11H18O2. The molecule has 1 aliphatic heterocycles. The van der Waals surface area contributed by atoms with Crippen LogP contribution in [0.5, 0.6) is 0 Å². The topological polar surface area (TPSA) is 18.5 Å². The van der Waals surface area contributed by atoms with E-state index >= 15 is 0 Å². The third-order valence-electron chi connectivity index (χ3n) is 2.19. The Kier molecular flexibility index (Phi) is 3.35. The maximum Gasteiger partial charge on any atom is 0.165 e. The van der Waals surface area contributed by atoms with E-state index in [0.29, 0.717) is 0 Å². The second kappa shape index (κ2) is 4.13. The zero-order valence-electron chi connectivity index (χ0n) is 8.67. The summed E-state index contributed by atoms with van der Waals surface area (Å²) < 4.78 is 11.2. The Bertz CT molecular complexity index is 203. The molecule has 1 heterocycles. The minimum Gasteiger partial charge on any atom is -0.343 e. The summed E-state index contributed by atoms with van der Waals surface area (Å²) in [5.41, 5.74) is 0. The molecule has 0 spiro atoms. The van der Waals surface area contributed by atoms with Crippen LogP contribution in [0.1, 0.15) is 40.0 Å². The van der Waals surface area contributed by atoms with Gasteiger partial charge in [0, 0.05) is 0 Å². The predicted octanol–water partition coefficient (Wildman–Crippen LogP) is 2.33. The summed E-state index contributed by atoms with van der Waals surface area (Å²) in [6.07, 6.45) is 8.58. The molecule has 1 saturated heterocycles. The molecule has 1 aliphatic rings. The van der Waals surface area contributed by atoms with Crippen LogP contribution in [0.3, 0.4) is 0 Å². The zero-order chi connectivity index (χ0) is 9.90. The van der Waals surface area contributed by atoms with E-state index in [1.54, 1.807) is 0 Å². The molecule has 1 fully saturated rings. The molecule has 0 amide bonds. The third-order valence-corrected chi connectivity index (χ3v) is 2.19. The first-order chi connectivity index (χ1) is 6.09. The Morgan fingerprint density at radius 3 is 2.62 bits per heavy atom. The van der Waals surface area contributed by atoms with Crippen molar-refractivity contribution in [1.29, 1.82) is 0 Å². The summed E-state index contributed by atoms with van der Waals surface area (Å²) in [7, 11) is 0. The van der Waals surface area contributed by atoms with Crippen LogP contribution >= 0.6 is 0 Å². The van der Waals surface area contributed by atoms with E-state index in [9.17, 15) is 0 Å². The van der Waals surface area contributed by atoms with Crippen LogP contribution in [-0.4, -0.2) is 18.0 Å². The normalized spacial score (nSPS) is 31.5. The number of terminal acetylenes is 1. The lowest BCUT2D eigenvalue weighted by molar-refractivity contribution is -0.143. The van der Waals surface area contributed by atoms with Gasteiger partial charge in [-0.3, -0.25) is 0 Å². The molecule has 0 N–H and O–H groups in total. The van der Waals surface area contributed by atoms with Crippen molar-refractivity contribution in [1.82, 2.24) is 0 Å². The van der Waals surface area contributed by atoms with Crippen LogP contribution in [0.2, 0.25) is 0 Å². The van der Waals surface area contributed by atoms with Gasteiger partial charge < -0.3 is 9.47 Å². The van der Waals surface area contributed by atoms with Gasteiger partial charge in [-0.15, -0.1) is 6.42 Å². The second-order valence-corrected chi connectivity index (χ2v) is 3.90. The van der Waals surface area contributed by atoms with E-state index in [0.717, 1.165) is 19.3 Å². The molecule has 74 valence electrons. The Hall–Kier alpha value is -0.520. The highest BCUT2D eigenvalue weighted by Gasteiger charge is 2.39. The molecule has 0 aromatic rings. The largest absolute Gasteiger partial charge is 0.343 e. The molecule has 2 heteroatoms. The standard InChI is InChI=1S/C11H18O2/c1-5-7-8-10-9(6-2)12-11(3,4)13-10/h2,9-10H,5,7-8H2,1,3-4H3/t9-,10-/m0/s1. The smallest absolute Gasteiger partial charge is 0.165 e. The number of hydrogen-bond acceptors (Lipinski definition) is 2. The molecular weight excluding hydrogens is 164 g/mol. The lowest BCUT2D eigenvalue weighted by atomic mass is 10.1. The molecule has 0 bridgehead atoms. The predicted molar refractivity (Wildman–Crippen MR) is 52.2 cm³/mol. The summed E-state index contributed by atoms with van der Waals surface area (Å²) in [6, 6.07) is 0. The monoisotopic (exact) mass is 182 g/mol. The quantitative estimate of drug-likeness (QED) is 0.624. The van der Waals surface area contributed by atoms with Gasteiger partial charge in [-0.25, -0.2) is 0 Å². The first-order valence-corrected chi connectivity index (χ1v) is 4.91. The maximum absolute atomic E-state index is 5.69. The van der Waals surface area contributed by atoms with Crippen LogP contribution < -0.4 is 0 Å². The number of unbranched alkanes of at least 4 members (excludes halogenated alkanes) is 1. The highest BCUT2D eigenvalue weighted by atomic mass is 16.7. The van der Waals surface area contributed by atoms with Gasteiger partial charge in [0.1, 0.15) is 6.10 Å². The van der Waals surface area contributed by atoms with Crippen molar-refractivity contribution in [3.63, 3.8) is 0 Å². The van der Waals surface area contributed by atoms with Crippen molar-refractivity contribution in [3.8, 4) is 12.3 Å². The highest BCUT2D eigenvalue weighted by Crippen LogP contribution is 2.30. The molecule has 0 unspecified atom stereocenters. The van der Waals surface area contributed by atoms with E-state index in [1.165, 1.54) is 0 Å². The number of ether oxygens (including phenoxy) is 2. The fourth-order valence-corrected chi connectivity index (χ4v) is 1.59. The lowest BCUT2D eigenvalue weighted by Gasteiger charge is -2.16. The summed E-state index contributed by atoms with van der Waals surface area (Å²) in [5, 5.41) is 0. The van der Waals surface area contributed by atoms with E-state index < -0.39 is 5.79 Å². The van der Waals surface area contributed by atoms with Crippen molar-refractivity contribution in [2.75, 3.05) is 0 Å². The average Bonchev–Trinajstić information content (AvgIpc) is 2.37. The molecule has 0 aromatic heterocycles. The summed E-state index contributed by atoms with van der Waals surface area (Å²) in [4.78, 5) is 0. The van der Waals surface area contributed by atoms with Gasteiger partial charge in [0.25, 0.3) is 0 Å². The third kappa shape index (κ3) is 2.72. The van der Waals surface area contributed by atoms with Gasteiger partial charge in [-0.2, -0.15) is 0 Å². The maximum atomic E-state index is 5.69. The van der Waals surface area contributed by atoms with Crippen molar-refractivity contribution < 1.29 is 9.47 Å². The Balaban J connectivity index is 2.49. The van der Waals surface area contributed by atoms with Crippen molar-refractivity contribution in [2.45, 2.75) is 58.0 Å². The van der Waals surface area contributed by atoms with Crippen molar-refractivity contribution in [2.24, 2.45) is 0 Å². The first kappa shape index (κ1) is 10.6. The lowest BCUT2D eigenvalue weighted by Crippen LogP contribution is -2.21. The van der Waals surface area contributed by atoms with Crippen LogP contribution in [-0.2, 0) is 9.47 Å². The molecule has 13 heavy (non-hydrogen) atoms. The van der Waals surface area contributed by atoms with E-state index in [2.05, 4.69) is 12.8 Å². The fraction of sp³-hybridized carbons (Fsp3) is 0.818. The Morgan fingerprint density at radius 2 is 2.08 bits per heavy atom. The van der Waals surface area contributed by atoms with E-state index in [4.69, 9.17) is 15.9 Å². The van der Waals surface area contributed by atoms with Crippen molar-refractivity contribution >= 4 is 0 Å². The molecule has 0 radical (unpaired) electrons. The first-order valence-electron chi connectivity index (χ1n) is 4.91. The van der Waals surface area contributed by atoms with Gasteiger partial charge in [0.2, 0.25) is 0 Å². The molecule has 0 aliphatic carbocycles. The zero-order valence-corrected chi connectivity index (χ0v) is 8.67. The van der Waals surface area contributed by atoms with Crippen molar-refractivity contribution in [3.05, 3.63) is 0 Å². The minimum atomic E-state index is -0.505. The molecule has 0 saturated carbocycles. The molecule has 0 aromatic carbocycles. The summed E-state index contributed by atoms with van der Waals surface area (Å²) in [5.74, 6) is 2.13. The van der Waals surface area contributed by atoms with Gasteiger partial charge >= 0.3 is 0 Å². The van der Waals surface area contributed by atoms with Gasteiger partial charge in [-0.05, 0) is 20.3 Å².